The summed E-state index contributed by atoms with van der Waals surface area (Å²) in [6.45, 7) is 4.03. The number of hydrogen-bond donors (Lipinski definition) is 3. The van der Waals surface area contributed by atoms with Crippen molar-refractivity contribution in [1.29, 1.82) is 0 Å². The highest BCUT2D eigenvalue weighted by Gasteiger charge is 2.14. The average molecular weight is 249 g/mol. The van der Waals surface area contributed by atoms with Crippen LogP contribution in [0, 0.1) is 0 Å². The first-order chi connectivity index (χ1) is 8.33. The van der Waals surface area contributed by atoms with E-state index in [0.717, 1.165) is 0 Å². The first kappa shape index (κ1) is 14.2. The lowest BCUT2D eigenvalue weighted by molar-refractivity contribution is 0.0946. The number of carbonyl (C=O) groups is 2. The predicted octanol–water partition coefficient (Wildman–Crippen LogP) is 0.513. The summed E-state index contributed by atoms with van der Waals surface area (Å²) < 4.78 is 0. The van der Waals surface area contributed by atoms with E-state index in [0.29, 0.717) is 17.7 Å². The van der Waals surface area contributed by atoms with Crippen LogP contribution in [0.15, 0.2) is 24.3 Å². The Labute approximate surface area is 107 Å². The quantitative estimate of drug-likeness (QED) is 0.727. The van der Waals surface area contributed by atoms with Gasteiger partial charge in [-0.25, -0.2) is 0 Å². The standard InChI is InChI=1S/C13H19N3O2/c1-13(2,14)8-16-12(18)10-6-4-5-9(7-10)11(17)15-3/h4-7H,8,14H2,1-3H3,(H,15,17)(H,16,18). The van der Waals surface area contributed by atoms with Gasteiger partial charge in [0.15, 0.2) is 0 Å². The molecule has 0 bridgehead atoms. The van der Waals surface area contributed by atoms with Crippen LogP contribution in [0.25, 0.3) is 0 Å². The van der Waals surface area contributed by atoms with E-state index in [1.165, 1.54) is 0 Å². The summed E-state index contributed by atoms with van der Waals surface area (Å²) in [6.07, 6.45) is 0. The van der Waals surface area contributed by atoms with E-state index < -0.39 is 5.54 Å². The van der Waals surface area contributed by atoms with E-state index in [4.69, 9.17) is 5.73 Å². The second-order valence-electron chi connectivity index (χ2n) is 4.83. The first-order valence-electron chi connectivity index (χ1n) is 5.73. The van der Waals surface area contributed by atoms with Crippen LogP contribution in [-0.4, -0.2) is 30.9 Å². The highest BCUT2D eigenvalue weighted by atomic mass is 16.2. The maximum atomic E-state index is 11.9. The number of nitrogens with two attached hydrogens (primary N) is 1. The summed E-state index contributed by atoms with van der Waals surface area (Å²) in [5, 5.41) is 5.24. The highest BCUT2D eigenvalue weighted by Crippen LogP contribution is 2.05. The van der Waals surface area contributed by atoms with Gasteiger partial charge in [-0.2, -0.15) is 0 Å². The normalized spacial score (nSPS) is 10.9. The van der Waals surface area contributed by atoms with Gasteiger partial charge in [-0.1, -0.05) is 6.07 Å². The molecule has 0 spiro atoms. The fraction of sp³-hybridized carbons (Fsp3) is 0.385. The second kappa shape index (κ2) is 5.64. The van der Waals surface area contributed by atoms with Crippen LogP contribution in [-0.2, 0) is 0 Å². The zero-order chi connectivity index (χ0) is 13.8. The maximum absolute atomic E-state index is 11.9. The van der Waals surface area contributed by atoms with Gasteiger partial charge in [0.1, 0.15) is 0 Å². The van der Waals surface area contributed by atoms with E-state index in [2.05, 4.69) is 10.6 Å². The molecule has 0 unspecified atom stereocenters. The van der Waals surface area contributed by atoms with Gasteiger partial charge in [-0.15, -0.1) is 0 Å². The minimum Gasteiger partial charge on any atom is -0.355 e. The molecule has 1 aromatic rings. The zero-order valence-corrected chi connectivity index (χ0v) is 10.9. The Bertz CT molecular complexity index is 450. The van der Waals surface area contributed by atoms with Crippen LogP contribution in [0.2, 0.25) is 0 Å². The minimum atomic E-state index is -0.464. The first-order valence-corrected chi connectivity index (χ1v) is 5.73. The largest absolute Gasteiger partial charge is 0.355 e. The molecular formula is C13H19N3O2. The predicted molar refractivity (Wildman–Crippen MR) is 70.4 cm³/mol. The number of rotatable bonds is 4. The molecule has 0 radical (unpaired) electrons. The molecule has 4 N–H and O–H groups in total. The fourth-order valence-electron chi connectivity index (χ4n) is 1.36. The Hall–Kier alpha value is -1.88. The van der Waals surface area contributed by atoms with Crippen molar-refractivity contribution < 1.29 is 9.59 Å². The van der Waals surface area contributed by atoms with E-state index in [1.807, 2.05) is 13.8 Å². The van der Waals surface area contributed by atoms with Crippen molar-refractivity contribution in [3.05, 3.63) is 35.4 Å². The average Bonchev–Trinajstić information content (AvgIpc) is 2.34. The molecule has 1 aromatic carbocycles. The van der Waals surface area contributed by atoms with Crippen LogP contribution in [0.1, 0.15) is 34.6 Å². The van der Waals surface area contributed by atoms with E-state index in [-0.39, 0.29) is 11.8 Å². The van der Waals surface area contributed by atoms with Crippen molar-refractivity contribution in [2.45, 2.75) is 19.4 Å². The Morgan fingerprint density at radius 1 is 1.22 bits per heavy atom. The monoisotopic (exact) mass is 249 g/mol. The lowest BCUT2D eigenvalue weighted by atomic mass is 10.1. The highest BCUT2D eigenvalue weighted by molar-refractivity contribution is 5.99. The van der Waals surface area contributed by atoms with Gasteiger partial charge in [-0.05, 0) is 32.0 Å². The van der Waals surface area contributed by atoms with Gasteiger partial charge in [-0.3, -0.25) is 9.59 Å². The summed E-state index contributed by atoms with van der Waals surface area (Å²) in [4.78, 5) is 23.3. The molecule has 0 aliphatic carbocycles. The van der Waals surface area contributed by atoms with Crippen LogP contribution >= 0.6 is 0 Å². The van der Waals surface area contributed by atoms with Crippen LogP contribution in [0.4, 0.5) is 0 Å². The molecule has 0 aliphatic rings. The molecule has 18 heavy (non-hydrogen) atoms. The molecule has 0 aliphatic heterocycles. The Balaban J connectivity index is 2.77. The van der Waals surface area contributed by atoms with E-state index in [9.17, 15) is 9.59 Å². The third-order valence-corrected chi connectivity index (χ3v) is 2.32. The van der Waals surface area contributed by atoms with Crippen molar-refractivity contribution in [3.8, 4) is 0 Å². The Morgan fingerprint density at radius 3 is 2.28 bits per heavy atom. The van der Waals surface area contributed by atoms with Gasteiger partial charge < -0.3 is 16.4 Å². The van der Waals surface area contributed by atoms with Crippen molar-refractivity contribution in [2.75, 3.05) is 13.6 Å². The Kier molecular flexibility index (Phi) is 4.44. The van der Waals surface area contributed by atoms with Crippen molar-refractivity contribution in [2.24, 2.45) is 5.73 Å². The molecule has 0 saturated heterocycles. The van der Waals surface area contributed by atoms with E-state index in [1.54, 1.807) is 31.3 Å². The lowest BCUT2D eigenvalue weighted by Gasteiger charge is -2.18. The molecule has 5 nitrogen and oxygen atoms in total. The van der Waals surface area contributed by atoms with Gasteiger partial charge in [0.2, 0.25) is 0 Å². The van der Waals surface area contributed by atoms with Crippen LogP contribution < -0.4 is 16.4 Å². The van der Waals surface area contributed by atoms with Crippen LogP contribution in [0.3, 0.4) is 0 Å². The van der Waals surface area contributed by atoms with Gasteiger partial charge in [0.25, 0.3) is 11.8 Å². The molecule has 5 heteroatoms. The topological polar surface area (TPSA) is 84.2 Å². The van der Waals surface area contributed by atoms with Crippen molar-refractivity contribution >= 4 is 11.8 Å². The molecule has 2 amide bonds. The molecule has 98 valence electrons. The van der Waals surface area contributed by atoms with Gasteiger partial charge in [0, 0.05) is 30.3 Å². The lowest BCUT2D eigenvalue weighted by Crippen LogP contribution is -2.45. The number of benzene rings is 1. The Morgan fingerprint density at radius 2 is 1.78 bits per heavy atom. The summed E-state index contributed by atoms with van der Waals surface area (Å²) in [7, 11) is 1.55. The molecule has 0 fully saturated rings. The minimum absolute atomic E-state index is 0.219. The summed E-state index contributed by atoms with van der Waals surface area (Å²) in [6, 6.07) is 6.54. The van der Waals surface area contributed by atoms with E-state index >= 15 is 0 Å². The van der Waals surface area contributed by atoms with Crippen molar-refractivity contribution in [3.63, 3.8) is 0 Å². The second-order valence-corrected chi connectivity index (χ2v) is 4.83. The molecule has 0 heterocycles. The smallest absolute Gasteiger partial charge is 0.251 e. The molecular weight excluding hydrogens is 230 g/mol. The SMILES string of the molecule is CNC(=O)c1cccc(C(=O)NCC(C)(C)N)c1. The fourth-order valence-corrected chi connectivity index (χ4v) is 1.36. The molecule has 0 atom stereocenters. The van der Waals surface area contributed by atoms with Crippen molar-refractivity contribution in [1.82, 2.24) is 10.6 Å². The van der Waals surface area contributed by atoms with Gasteiger partial charge >= 0.3 is 0 Å². The summed E-state index contributed by atoms with van der Waals surface area (Å²) in [5.74, 6) is -0.455. The zero-order valence-electron chi connectivity index (χ0n) is 10.9. The molecule has 1 rings (SSSR count). The molecule has 0 saturated carbocycles. The number of nitrogens with one attached hydrogen (secondary N) is 2. The third-order valence-electron chi connectivity index (χ3n) is 2.32. The maximum Gasteiger partial charge on any atom is 0.251 e. The molecule has 0 aromatic heterocycles. The third kappa shape index (κ3) is 4.18. The summed E-state index contributed by atoms with van der Waals surface area (Å²) in [5.41, 5.74) is 6.22. The van der Waals surface area contributed by atoms with Crippen LogP contribution in [0.5, 0.6) is 0 Å². The van der Waals surface area contributed by atoms with Gasteiger partial charge in [0.05, 0.1) is 0 Å². The number of amides is 2. The number of hydrogen-bond acceptors (Lipinski definition) is 3. The summed E-state index contributed by atoms with van der Waals surface area (Å²) >= 11 is 0. The number of carbonyl (C=O) groups excluding carboxylic acids is 2.